The number of fused-ring (bicyclic) bond motifs is 2. The number of benzene rings is 1. The minimum atomic E-state index is -0.0667. The summed E-state index contributed by atoms with van der Waals surface area (Å²) in [5.74, 6) is 0.894. The number of para-hydroxylation sites is 1. The molecule has 0 aliphatic carbocycles. The quantitative estimate of drug-likeness (QED) is 0.801. The van der Waals surface area contributed by atoms with Crippen molar-refractivity contribution >= 4 is 11.6 Å². The highest BCUT2D eigenvalue weighted by Crippen LogP contribution is 2.26. The maximum atomic E-state index is 12.6. The van der Waals surface area contributed by atoms with Crippen LogP contribution in [0.3, 0.4) is 0 Å². The largest absolute Gasteiger partial charge is 0.493 e. The SMILES string of the molecule is Cc1ccn2cc(CNC(=O)[C@H]3CCOc4ccccc4C3)nc2c1. The Morgan fingerprint density at radius 2 is 2.24 bits per heavy atom. The Balaban J connectivity index is 1.43. The second-order valence-corrected chi connectivity index (χ2v) is 6.57. The van der Waals surface area contributed by atoms with Crippen molar-refractivity contribution in [2.24, 2.45) is 5.92 Å². The first-order chi connectivity index (χ1) is 12.2. The zero-order chi connectivity index (χ0) is 17.2. The van der Waals surface area contributed by atoms with Crippen molar-refractivity contribution in [1.82, 2.24) is 14.7 Å². The Hall–Kier alpha value is -2.82. The molecule has 1 atom stereocenters. The molecule has 0 saturated carbocycles. The molecule has 4 rings (SSSR count). The van der Waals surface area contributed by atoms with Crippen molar-refractivity contribution in [1.29, 1.82) is 0 Å². The van der Waals surface area contributed by atoms with Crippen molar-refractivity contribution in [2.75, 3.05) is 6.61 Å². The van der Waals surface area contributed by atoms with Crippen LogP contribution in [0.5, 0.6) is 5.75 Å². The number of carbonyl (C=O) groups excluding carboxylic acids is 1. The van der Waals surface area contributed by atoms with E-state index in [1.807, 2.05) is 60.1 Å². The lowest BCUT2D eigenvalue weighted by molar-refractivity contribution is -0.125. The fourth-order valence-electron chi connectivity index (χ4n) is 3.26. The molecule has 0 radical (unpaired) electrons. The number of imidazole rings is 1. The molecular weight excluding hydrogens is 314 g/mol. The predicted molar refractivity (Wildman–Crippen MR) is 95.5 cm³/mol. The topological polar surface area (TPSA) is 55.6 Å². The van der Waals surface area contributed by atoms with Crippen LogP contribution in [0.15, 0.2) is 48.8 Å². The van der Waals surface area contributed by atoms with E-state index in [-0.39, 0.29) is 11.8 Å². The van der Waals surface area contributed by atoms with Crippen molar-refractivity contribution in [3.8, 4) is 5.75 Å². The van der Waals surface area contributed by atoms with Gasteiger partial charge in [-0.3, -0.25) is 4.79 Å². The summed E-state index contributed by atoms with van der Waals surface area (Å²) in [6.07, 6.45) is 5.39. The van der Waals surface area contributed by atoms with Gasteiger partial charge in [-0.15, -0.1) is 0 Å². The second kappa shape index (κ2) is 6.59. The fraction of sp³-hybridized carbons (Fsp3) is 0.300. The van der Waals surface area contributed by atoms with E-state index in [1.54, 1.807) is 0 Å². The number of rotatable bonds is 3. The van der Waals surface area contributed by atoms with Gasteiger partial charge in [0, 0.05) is 18.3 Å². The standard InChI is InChI=1S/C20H21N3O2/c1-14-6-8-23-13-17(22-19(23)10-14)12-21-20(24)16-7-9-25-18-5-3-2-4-15(18)11-16/h2-6,8,10,13,16H,7,9,11-12H2,1H3,(H,21,24)/t16-/m0/s1. The summed E-state index contributed by atoms with van der Waals surface area (Å²) in [4.78, 5) is 17.2. The molecule has 2 aromatic heterocycles. The first-order valence-electron chi connectivity index (χ1n) is 8.62. The molecule has 25 heavy (non-hydrogen) atoms. The third-order valence-corrected chi connectivity index (χ3v) is 4.64. The van der Waals surface area contributed by atoms with Crippen LogP contribution in [0.25, 0.3) is 5.65 Å². The summed E-state index contributed by atoms with van der Waals surface area (Å²) in [5, 5.41) is 3.03. The highest BCUT2D eigenvalue weighted by Gasteiger charge is 2.23. The van der Waals surface area contributed by atoms with Gasteiger partial charge >= 0.3 is 0 Å². The summed E-state index contributed by atoms with van der Waals surface area (Å²) >= 11 is 0. The van der Waals surface area contributed by atoms with Crippen LogP contribution in [0, 0.1) is 12.8 Å². The molecule has 128 valence electrons. The van der Waals surface area contributed by atoms with Crippen molar-refractivity contribution in [2.45, 2.75) is 26.3 Å². The number of hydrogen-bond donors (Lipinski definition) is 1. The number of pyridine rings is 1. The van der Waals surface area contributed by atoms with Crippen molar-refractivity contribution < 1.29 is 9.53 Å². The number of aromatic nitrogens is 2. The van der Waals surface area contributed by atoms with Crippen LogP contribution in [0.4, 0.5) is 0 Å². The van der Waals surface area contributed by atoms with Gasteiger partial charge < -0.3 is 14.5 Å². The molecule has 0 fully saturated rings. The van der Waals surface area contributed by atoms with E-state index in [4.69, 9.17) is 4.74 Å². The van der Waals surface area contributed by atoms with Gasteiger partial charge in [0.05, 0.1) is 18.8 Å². The third-order valence-electron chi connectivity index (χ3n) is 4.64. The van der Waals surface area contributed by atoms with Crippen LogP contribution >= 0.6 is 0 Å². The van der Waals surface area contributed by atoms with Crippen LogP contribution in [-0.4, -0.2) is 21.9 Å². The van der Waals surface area contributed by atoms with Gasteiger partial charge in [0.1, 0.15) is 11.4 Å². The lowest BCUT2D eigenvalue weighted by Crippen LogP contribution is -2.31. The van der Waals surface area contributed by atoms with E-state index in [0.717, 1.165) is 29.1 Å². The normalized spacial score (nSPS) is 16.8. The highest BCUT2D eigenvalue weighted by molar-refractivity contribution is 5.79. The monoisotopic (exact) mass is 335 g/mol. The minimum Gasteiger partial charge on any atom is -0.493 e. The van der Waals surface area contributed by atoms with Gasteiger partial charge in [-0.2, -0.15) is 0 Å². The van der Waals surface area contributed by atoms with Crippen LogP contribution < -0.4 is 10.1 Å². The first-order valence-corrected chi connectivity index (χ1v) is 8.62. The second-order valence-electron chi connectivity index (χ2n) is 6.57. The maximum absolute atomic E-state index is 12.6. The fourth-order valence-corrected chi connectivity index (χ4v) is 3.26. The molecule has 1 aromatic carbocycles. The summed E-state index contributed by atoms with van der Waals surface area (Å²) < 4.78 is 7.72. The number of nitrogens with one attached hydrogen (secondary N) is 1. The number of carbonyl (C=O) groups is 1. The number of amides is 1. The van der Waals surface area contributed by atoms with Gasteiger partial charge in [-0.25, -0.2) is 4.98 Å². The Morgan fingerprint density at radius 3 is 3.16 bits per heavy atom. The molecule has 1 amide bonds. The van der Waals surface area contributed by atoms with E-state index in [9.17, 15) is 4.79 Å². The first kappa shape index (κ1) is 15.7. The number of hydrogen-bond acceptors (Lipinski definition) is 3. The summed E-state index contributed by atoms with van der Waals surface area (Å²) in [6, 6.07) is 12.0. The van der Waals surface area contributed by atoms with E-state index in [0.29, 0.717) is 19.6 Å². The molecule has 0 bridgehead atoms. The molecule has 1 aliphatic heterocycles. The number of ether oxygens (including phenoxy) is 1. The summed E-state index contributed by atoms with van der Waals surface area (Å²) in [7, 11) is 0. The zero-order valence-corrected chi connectivity index (χ0v) is 14.2. The average Bonchev–Trinajstić information content (AvgIpc) is 2.88. The number of nitrogens with zero attached hydrogens (tertiary/aromatic N) is 2. The minimum absolute atomic E-state index is 0.0635. The van der Waals surface area contributed by atoms with E-state index < -0.39 is 0 Å². The maximum Gasteiger partial charge on any atom is 0.223 e. The smallest absolute Gasteiger partial charge is 0.223 e. The zero-order valence-electron chi connectivity index (χ0n) is 14.2. The Kier molecular flexibility index (Phi) is 4.14. The number of aryl methyl sites for hydroxylation is 1. The molecule has 5 heteroatoms. The molecule has 0 spiro atoms. The Labute approximate surface area is 146 Å². The van der Waals surface area contributed by atoms with E-state index in [1.165, 1.54) is 5.56 Å². The van der Waals surface area contributed by atoms with Gasteiger partial charge in [0.15, 0.2) is 0 Å². The molecule has 0 saturated heterocycles. The molecule has 3 heterocycles. The molecule has 0 unspecified atom stereocenters. The molecule has 1 N–H and O–H groups in total. The van der Waals surface area contributed by atoms with Crippen molar-refractivity contribution in [3.05, 3.63) is 65.6 Å². The lowest BCUT2D eigenvalue weighted by atomic mass is 9.96. The van der Waals surface area contributed by atoms with Gasteiger partial charge in [-0.1, -0.05) is 18.2 Å². The van der Waals surface area contributed by atoms with E-state index in [2.05, 4.69) is 10.3 Å². The Bertz CT molecular complexity index is 916. The molecule has 3 aromatic rings. The van der Waals surface area contributed by atoms with Gasteiger partial charge in [-0.05, 0) is 49.1 Å². The third kappa shape index (κ3) is 3.36. The predicted octanol–water partition coefficient (Wildman–Crippen LogP) is 2.90. The van der Waals surface area contributed by atoms with Crippen LogP contribution in [0.2, 0.25) is 0 Å². The summed E-state index contributed by atoms with van der Waals surface area (Å²) in [5.41, 5.74) is 4.04. The van der Waals surface area contributed by atoms with Gasteiger partial charge in [0.25, 0.3) is 0 Å². The molecular formula is C20H21N3O2. The lowest BCUT2D eigenvalue weighted by Gasteiger charge is -2.13. The highest BCUT2D eigenvalue weighted by atomic mass is 16.5. The van der Waals surface area contributed by atoms with Crippen LogP contribution in [-0.2, 0) is 17.8 Å². The summed E-state index contributed by atoms with van der Waals surface area (Å²) in [6.45, 7) is 3.06. The average molecular weight is 335 g/mol. The molecule has 1 aliphatic rings. The van der Waals surface area contributed by atoms with Crippen molar-refractivity contribution in [3.63, 3.8) is 0 Å². The van der Waals surface area contributed by atoms with E-state index >= 15 is 0 Å². The van der Waals surface area contributed by atoms with Gasteiger partial charge in [0.2, 0.25) is 5.91 Å². The Morgan fingerprint density at radius 1 is 1.36 bits per heavy atom. The van der Waals surface area contributed by atoms with Crippen LogP contribution in [0.1, 0.15) is 23.2 Å². The molecule has 5 nitrogen and oxygen atoms in total.